The highest BCUT2D eigenvalue weighted by atomic mass is 79.9. The lowest BCUT2D eigenvalue weighted by atomic mass is 10.3. The first kappa shape index (κ1) is 11.2. The molecule has 0 aliphatic heterocycles. The molecular weight excluding hydrogens is 248 g/mol. The normalized spacial score (nSPS) is 10.4. The summed E-state index contributed by atoms with van der Waals surface area (Å²) >= 11 is 3.32. The van der Waals surface area contributed by atoms with Gasteiger partial charge in [0.15, 0.2) is 0 Å². The van der Waals surface area contributed by atoms with Crippen molar-refractivity contribution in [3.8, 4) is 0 Å². The Morgan fingerprint density at radius 2 is 2.14 bits per heavy atom. The van der Waals surface area contributed by atoms with E-state index < -0.39 is 0 Å². The summed E-state index contributed by atoms with van der Waals surface area (Å²) in [5.74, 6) is 0. The van der Waals surface area contributed by atoms with Crippen LogP contribution in [0.4, 0.5) is 0 Å². The number of aromatic nitrogens is 2. The predicted molar refractivity (Wildman–Crippen MR) is 59.1 cm³/mol. The fraction of sp³-hybridized carbons (Fsp3) is 0.556. The fourth-order valence-corrected chi connectivity index (χ4v) is 1.56. The highest BCUT2D eigenvalue weighted by Crippen LogP contribution is 1.96. The van der Waals surface area contributed by atoms with E-state index in [1.54, 1.807) is 17.7 Å². The summed E-state index contributed by atoms with van der Waals surface area (Å²) in [7, 11) is 0. The molecular formula is C9H13BrN2O2. The Kier molecular flexibility index (Phi) is 4.13. The van der Waals surface area contributed by atoms with Crippen molar-refractivity contribution >= 4 is 15.9 Å². The third-order valence-corrected chi connectivity index (χ3v) is 2.53. The zero-order valence-corrected chi connectivity index (χ0v) is 9.63. The average molecular weight is 261 g/mol. The number of nitrogens with one attached hydrogen (secondary N) is 1. The second-order valence-corrected chi connectivity index (χ2v) is 3.95. The van der Waals surface area contributed by atoms with E-state index in [0.29, 0.717) is 12.1 Å². The number of hydrogen-bond acceptors (Lipinski definition) is 2. The number of hydrogen-bond donors (Lipinski definition) is 1. The zero-order chi connectivity index (χ0) is 10.6. The summed E-state index contributed by atoms with van der Waals surface area (Å²) in [5, 5.41) is 0.935. The summed E-state index contributed by atoms with van der Waals surface area (Å²) in [6, 6.07) is 0. The van der Waals surface area contributed by atoms with Gasteiger partial charge in [-0.2, -0.15) is 0 Å². The molecule has 0 aromatic carbocycles. The van der Waals surface area contributed by atoms with Gasteiger partial charge in [-0.3, -0.25) is 9.78 Å². The van der Waals surface area contributed by atoms with Gasteiger partial charge in [-0.15, -0.1) is 0 Å². The molecule has 0 unspecified atom stereocenters. The van der Waals surface area contributed by atoms with Crippen LogP contribution < -0.4 is 11.2 Å². The Balaban J connectivity index is 2.82. The van der Waals surface area contributed by atoms with Crippen LogP contribution in [-0.2, 0) is 6.54 Å². The molecule has 0 aliphatic carbocycles. The molecule has 0 amide bonds. The molecule has 4 nitrogen and oxygen atoms in total. The van der Waals surface area contributed by atoms with E-state index in [9.17, 15) is 9.59 Å². The van der Waals surface area contributed by atoms with E-state index in [2.05, 4.69) is 20.9 Å². The molecule has 0 saturated carbocycles. The van der Waals surface area contributed by atoms with Crippen molar-refractivity contribution in [1.29, 1.82) is 0 Å². The molecule has 0 radical (unpaired) electrons. The number of rotatable bonds is 4. The largest absolute Gasteiger partial charge is 0.328 e. The monoisotopic (exact) mass is 260 g/mol. The molecule has 0 saturated heterocycles. The Morgan fingerprint density at radius 1 is 1.43 bits per heavy atom. The van der Waals surface area contributed by atoms with Gasteiger partial charge in [0, 0.05) is 23.6 Å². The van der Waals surface area contributed by atoms with Crippen LogP contribution in [0.3, 0.4) is 0 Å². The van der Waals surface area contributed by atoms with Crippen LogP contribution in [0.1, 0.15) is 18.4 Å². The number of H-pyrrole nitrogens is 1. The summed E-state index contributed by atoms with van der Waals surface area (Å²) in [6.07, 6.45) is 3.55. The van der Waals surface area contributed by atoms with E-state index >= 15 is 0 Å². The van der Waals surface area contributed by atoms with Crippen molar-refractivity contribution in [3.63, 3.8) is 0 Å². The minimum absolute atomic E-state index is 0.299. The van der Waals surface area contributed by atoms with E-state index in [1.165, 1.54) is 0 Å². The second-order valence-electron chi connectivity index (χ2n) is 3.16. The van der Waals surface area contributed by atoms with Crippen LogP contribution in [0.2, 0.25) is 0 Å². The van der Waals surface area contributed by atoms with Gasteiger partial charge in [0.25, 0.3) is 5.56 Å². The third kappa shape index (κ3) is 2.83. The van der Waals surface area contributed by atoms with Crippen molar-refractivity contribution < 1.29 is 0 Å². The molecule has 5 heteroatoms. The van der Waals surface area contributed by atoms with E-state index in [-0.39, 0.29) is 11.2 Å². The number of unbranched alkanes of at least 4 members (excludes halogenated alkanes) is 1. The van der Waals surface area contributed by atoms with Gasteiger partial charge < -0.3 is 4.57 Å². The van der Waals surface area contributed by atoms with E-state index in [4.69, 9.17) is 0 Å². The highest BCUT2D eigenvalue weighted by molar-refractivity contribution is 9.09. The number of nitrogens with zero attached hydrogens (tertiary/aromatic N) is 1. The first-order valence-electron chi connectivity index (χ1n) is 4.51. The van der Waals surface area contributed by atoms with Crippen LogP contribution in [0, 0.1) is 6.92 Å². The Bertz CT molecular complexity index is 408. The van der Waals surface area contributed by atoms with Crippen LogP contribution in [-0.4, -0.2) is 14.9 Å². The van der Waals surface area contributed by atoms with E-state index in [0.717, 1.165) is 18.2 Å². The quantitative estimate of drug-likeness (QED) is 0.649. The lowest BCUT2D eigenvalue weighted by molar-refractivity contribution is 0.597. The Morgan fingerprint density at radius 3 is 2.79 bits per heavy atom. The van der Waals surface area contributed by atoms with Crippen LogP contribution in [0.5, 0.6) is 0 Å². The molecule has 1 aromatic heterocycles. The van der Waals surface area contributed by atoms with Crippen molar-refractivity contribution in [3.05, 3.63) is 32.6 Å². The van der Waals surface area contributed by atoms with Crippen LogP contribution in [0.15, 0.2) is 15.8 Å². The van der Waals surface area contributed by atoms with Crippen LogP contribution in [0.25, 0.3) is 0 Å². The summed E-state index contributed by atoms with van der Waals surface area (Å²) in [4.78, 5) is 24.6. The maximum atomic E-state index is 11.3. The maximum Gasteiger partial charge on any atom is 0.328 e. The Labute approximate surface area is 90.1 Å². The maximum absolute atomic E-state index is 11.3. The molecule has 0 spiro atoms. The minimum Gasteiger partial charge on any atom is -0.300 e. The SMILES string of the molecule is Cc1cn(CCCCBr)c(=O)[nH]c1=O. The molecule has 0 aliphatic rings. The van der Waals surface area contributed by atoms with Gasteiger partial charge in [-0.05, 0) is 19.8 Å². The zero-order valence-electron chi connectivity index (χ0n) is 8.05. The smallest absolute Gasteiger partial charge is 0.300 e. The fourth-order valence-electron chi connectivity index (χ4n) is 1.16. The molecule has 14 heavy (non-hydrogen) atoms. The summed E-state index contributed by atoms with van der Waals surface area (Å²) in [5.41, 5.74) is -0.0506. The lowest BCUT2D eigenvalue weighted by Gasteiger charge is -2.04. The standard InChI is InChI=1S/C9H13BrN2O2/c1-7-6-12(5-3-2-4-10)9(14)11-8(7)13/h6H,2-5H2,1H3,(H,11,13,14). The van der Waals surface area contributed by atoms with Gasteiger partial charge in [-0.1, -0.05) is 15.9 Å². The van der Waals surface area contributed by atoms with Crippen molar-refractivity contribution in [1.82, 2.24) is 9.55 Å². The summed E-state index contributed by atoms with van der Waals surface area (Å²) in [6.45, 7) is 2.35. The van der Waals surface area contributed by atoms with E-state index in [1.807, 2.05) is 0 Å². The van der Waals surface area contributed by atoms with Gasteiger partial charge in [0.05, 0.1) is 0 Å². The molecule has 78 valence electrons. The molecule has 1 heterocycles. The number of halogens is 1. The van der Waals surface area contributed by atoms with Crippen molar-refractivity contribution in [2.75, 3.05) is 5.33 Å². The van der Waals surface area contributed by atoms with Crippen molar-refractivity contribution in [2.24, 2.45) is 0 Å². The first-order valence-corrected chi connectivity index (χ1v) is 5.63. The predicted octanol–water partition coefficient (Wildman–Crippen LogP) is 1.02. The molecule has 0 atom stereocenters. The number of alkyl halides is 1. The first-order chi connectivity index (χ1) is 6.65. The molecule has 1 rings (SSSR count). The van der Waals surface area contributed by atoms with Gasteiger partial charge in [0.1, 0.15) is 0 Å². The third-order valence-electron chi connectivity index (χ3n) is 1.97. The topological polar surface area (TPSA) is 54.9 Å². The number of aromatic amines is 1. The molecule has 1 N–H and O–H groups in total. The molecule has 0 bridgehead atoms. The van der Waals surface area contributed by atoms with Gasteiger partial charge in [0.2, 0.25) is 0 Å². The molecule has 1 aromatic rings. The minimum atomic E-state index is -0.324. The summed E-state index contributed by atoms with van der Waals surface area (Å²) < 4.78 is 1.54. The second kappa shape index (κ2) is 5.14. The highest BCUT2D eigenvalue weighted by Gasteiger charge is 1.99. The average Bonchev–Trinajstić information content (AvgIpc) is 2.14. The van der Waals surface area contributed by atoms with Crippen molar-refractivity contribution in [2.45, 2.75) is 26.3 Å². The molecule has 0 fully saturated rings. The number of aryl methyl sites for hydroxylation is 2. The lowest BCUT2D eigenvalue weighted by Crippen LogP contribution is -2.30. The van der Waals surface area contributed by atoms with Gasteiger partial charge in [-0.25, -0.2) is 4.79 Å². The van der Waals surface area contributed by atoms with Crippen LogP contribution >= 0.6 is 15.9 Å². The Hall–Kier alpha value is -0.840. The van der Waals surface area contributed by atoms with Gasteiger partial charge >= 0.3 is 5.69 Å².